The standard InChI is InChI=1S/C14H18BrFN2O.ClH/c15-11-7-10(8-12(16)9-11)14(19)18-6-2-1-3-13(18)4-5-17;/h7-9,13H,1-6,17H2;1H. The van der Waals surface area contributed by atoms with Crippen molar-refractivity contribution in [1.29, 1.82) is 0 Å². The molecule has 1 aliphatic heterocycles. The maximum atomic E-state index is 13.4. The highest BCUT2D eigenvalue weighted by Gasteiger charge is 2.27. The highest BCUT2D eigenvalue weighted by molar-refractivity contribution is 9.10. The van der Waals surface area contributed by atoms with E-state index in [-0.39, 0.29) is 24.4 Å². The Labute approximate surface area is 133 Å². The van der Waals surface area contributed by atoms with Crippen LogP contribution in [-0.4, -0.2) is 29.9 Å². The van der Waals surface area contributed by atoms with Crippen molar-refractivity contribution >= 4 is 34.2 Å². The molecule has 6 heteroatoms. The molecule has 0 aliphatic carbocycles. The number of halogens is 3. The van der Waals surface area contributed by atoms with E-state index in [1.165, 1.54) is 12.1 Å². The average Bonchev–Trinajstić information content (AvgIpc) is 2.38. The van der Waals surface area contributed by atoms with Crippen LogP contribution in [0.4, 0.5) is 4.39 Å². The summed E-state index contributed by atoms with van der Waals surface area (Å²) in [5.41, 5.74) is 6.00. The van der Waals surface area contributed by atoms with E-state index in [2.05, 4.69) is 15.9 Å². The summed E-state index contributed by atoms with van der Waals surface area (Å²) in [6.45, 7) is 1.30. The van der Waals surface area contributed by atoms with Gasteiger partial charge in [0.25, 0.3) is 5.91 Å². The first kappa shape index (κ1) is 17.4. The molecule has 20 heavy (non-hydrogen) atoms. The highest BCUT2D eigenvalue weighted by Crippen LogP contribution is 2.23. The molecule has 112 valence electrons. The third-order valence-corrected chi connectivity index (χ3v) is 3.96. The van der Waals surface area contributed by atoms with E-state index in [0.717, 1.165) is 32.2 Å². The van der Waals surface area contributed by atoms with Crippen molar-refractivity contribution in [2.24, 2.45) is 5.73 Å². The molecule has 1 saturated heterocycles. The summed E-state index contributed by atoms with van der Waals surface area (Å²) in [5.74, 6) is -0.497. The molecular formula is C14H19BrClFN2O. The molecular weight excluding hydrogens is 347 g/mol. The molecule has 3 nitrogen and oxygen atoms in total. The minimum Gasteiger partial charge on any atom is -0.336 e. The lowest BCUT2D eigenvalue weighted by Gasteiger charge is -2.35. The number of nitrogens with two attached hydrogens (primary N) is 1. The lowest BCUT2D eigenvalue weighted by atomic mass is 9.98. The van der Waals surface area contributed by atoms with Gasteiger partial charge in [0.1, 0.15) is 5.82 Å². The highest BCUT2D eigenvalue weighted by atomic mass is 79.9. The summed E-state index contributed by atoms with van der Waals surface area (Å²) in [6, 6.07) is 4.50. The van der Waals surface area contributed by atoms with Crippen molar-refractivity contribution in [2.75, 3.05) is 13.1 Å². The lowest BCUT2D eigenvalue weighted by Crippen LogP contribution is -2.44. The van der Waals surface area contributed by atoms with Gasteiger partial charge in [0.2, 0.25) is 0 Å². The Morgan fingerprint density at radius 2 is 2.15 bits per heavy atom. The second-order valence-electron chi connectivity index (χ2n) is 4.88. The molecule has 1 amide bonds. The maximum Gasteiger partial charge on any atom is 0.254 e. The Morgan fingerprint density at radius 1 is 1.40 bits per heavy atom. The molecule has 0 bridgehead atoms. The summed E-state index contributed by atoms with van der Waals surface area (Å²) >= 11 is 3.22. The van der Waals surface area contributed by atoms with Gasteiger partial charge in [0, 0.05) is 22.6 Å². The van der Waals surface area contributed by atoms with E-state index in [9.17, 15) is 9.18 Å². The molecule has 1 fully saturated rings. The summed E-state index contributed by atoms with van der Waals surface area (Å²) in [6.07, 6.45) is 3.92. The van der Waals surface area contributed by atoms with E-state index >= 15 is 0 Å². The van der Waals surface area contributed by atoms with E-state index in [4.69, 9.17) is 5.73 Å². The van der Waals surface area contributed by atoms with Gasteiger partial charge in [0.05, 0.1) is 0 Å². The summed E-state index contributed by atoms with van der Waals surface area (Å²) in [7, 11) is 0. The predicted octanol–water partition coefficient (Wildman–Crippen LogP) is 3.35. The van der Waals surface area contributed by atoms with Crippen LogP contribution in [0, 0.1) is 5.82 Å². The van der Waals surface area contributed by atoms with Crippen molar-refractivity contribution in [2.45, 2.75) is 31.7 Å². The predicted molar refractivity (Wildman–Crippen MR) is 83.7 cm³/mol. The number of hydrogen-bond acceptors (Lipinski definition) is 2. The van der Waals surface area contributed by atoms with E-state index in [1.807, 2.05) is 4.90 Å². The Morgan fingerprint density at radius 3 is 2.80 bits per heavy atom. The number of nitrogens with zero attached hydrogens (tertiary/aromatic N) is 1. The monoisotopic (exact) mass is 364 g/mol. The second kappa shape index (κ2) is 7.96. The minimum atomic E-state index is -0.398. The van der Waals surface area contributed by atoms with Gasteiger partial charge in [-0.25, -0.2) is 4.39 Å². The van der Waals surface area contributed by atoms with Gasteiger partial charge < -0.3 is 10.6 Å². The number of hydrogen-bond donors (Lipinski definition) is 1. The van der Waals surface area contributed by atoms with Gasteiger partial charge >= 0.3 is 0 Å². The van der Waals surface area contributed by atoms with Crippen LogP contribution in [0.25, 0.3) is 0 Å². The number of benzene rings is 1. The van der Waals surface area contributed by atoms with Crippen molar-refractivity contribution in [3.05, 3.63) is 34.1 Å². The number of piperidine rings is 1. The fraction of sp³-hybridized carbons (Fsp3) is 0.500. The SMILES string of the molecule is Cl.NCCC1CCCCN1C(=O)c1cc(F)cc(Br)c1. The van der Waals surface area contributed by atoms with Crippen LogP contribution in [0.15, 0.2) is 22.7 Å². The van der Waals surface area contributed by atoms with Gasteiger partial charge in [-0.2, -0.15) is 0 Å². The smallest absolute Gasteiger partial charge is 0.254 e. The van der Waals surface area contributed by atoms with Gasteiger partial charge in [-0.15, -0.1) is 12.4 Å². The van der Waals surface area contributed by atoms with Gasteiger partial charge in [-0.05, 0) is 50.4 Å². The number of carbonyl (C=O) groups is 1. The first-order valence-electron chi connectivity index (χ1n) is 6.59. The first-order valence-corrected chi connectivity index (χ1v) is 7.38. The molecule has 1 aliphatic rings. The van der Waals surface area contributed by atoms with Gasteiger partial charge in [0.15, 0.2) is 0 Å². The molecule has 1 atom stereocenters. The van der Waals surface area contributed by atoms with Crippen molar-refractivity contribution in [3.8, 4) is 0 Å². The molecule has 2 rings (SSSR count). The number of rotatable bonds is 3. The van der Waals surface area contributed by atoms with Crippen LogP contribution < -0.4 is 5.73 Å². The molecule has 1 aromatic carbocycles. The largest absolute Gasteiger partial charge is 0.336 e. The third-order valence-electron chi connectivity index (χ3n) is 3.50. The summed E-state index contributed by atoms with van der Waals surface area (Å²) < 4.78 is 14.0. The topological polar surface area (TPSA) is 46.3 Å². The normalized spacial score (nSPS) is 18.6. The Bertz CT molecular complexity index is 450. The summed E-state index contributed by atoms with van der Waals surface area (Å²) in [5, 5.41) is 0. The van der Waals surface area contributed by atoms with Crippen LogP contribution in [-0.2, 0) is 0 Å². The molecule has 2 N–H and O–H groups in total. The zero-order valence-electron chi connectivity index (χ0n) is 11.1. The maximum absolute atomic E-state index is 13.4. The Hall–Kier alpha value is -0.650. The molecule has 1 heterocycles. The Kier molecular flexibility index (Phi) is 6.92. The van der Waals surface area contributed by atoms with Crippen LogP contribution in [0.2, 0.25) is 0 Å². The quantitative estimate of drug-likeness (QED) is 0.893. The fourth-order valence-corrected chi connectivity index (χ4v) is 3.07. The number of likely N-dealkylation sites (tertiary alicyclic amines) is 1. The van der Waals surface area contributed by atoms with Crippen molar-refractivity contribution in [1.82, 2.24) is 4.90 Å². The zero-order valence-corrected chi connectivity index (χ0v) is 13.6. The number of carbonyl (C=O) groups excluding carboxylic acids is 1. The molecule has 0 radical (unpaired) electrons. The van der Waals surface area contributed by atoms with Gasteiger partial charge in [-0.3, -0.25) is 4.79 Å². The van der Waals surface area contributed by atoms with Crippen LogP contribution in [0.5, 0.6) is 0 Å². The Balaban J connectivity index is 0.00000200. The number of amides is 1. The molecule has 1 unspecified atom stereocenters. The van der Waals surface area contributed by atoms with Crippen LogP contribution in [0.1, 0.15) is 36.0 Å². The zero-order chi connectivity index (χ0) is 13.8. The second-order valence-corrected chi connectivity index (χ2v) is 5.80. The van der Waals surface area contributed by atoms with Crippen molar-refractivity contribution < 1.29 is 9.18 Å². The van der Waals surface area contributed by atoms with E-state index in [1.54, 1.807) is 6.07 Å². The molecule has 1 aromatic rings. The molecule has 0 aromatic heterocycles. The van der Waals surface area contributed by atoms with Crippen LogP contribution in [0.3, 0.4) is 0 Å². The van der Waals surface area contributed by atoms with E-state index < -0.39 is 5.82 Å². The third kappa shape index (κ3) is 4.17. The summed E-state index contributed by atoms with van der Waals surface area (Å²) in [4.78, 5) is 14.3. The fourth-order valence-electron chi connectivity index (χ4n) is 2.60. The lowest BCUT2D eigenvalue weighted by molar-refractivity contribution is 0.0604. The van der Waals surface area contributed by atoms with Gasteiger partial charge in [-0.1, -0.05) is 15.9 Å². The minimum absolute atomic E-state index is 0. The van der Waals surface area contributed by atoms with E-state index in [0.29, 0.717) is 16.6 Å². The molecule has 0 spiro atoms. The first-order chi connectivity index (χ1) is 9.11. The van der Waals surface area contributed by atoms with Crippen LogP contribution >= 0.6 is 28.3 Å². The van der Waals surface area contributed by atoms with Crippen molar-refractivity contribution in [3.63, 3.8) is 0 Å². The average molecular weight is 366 g/mol. The molecule has 0 saturated carbocycles.